The van der Waals surface area contributed by atoms with Crippen LogP contribution < -0.4 is 0 Å². The van der Waals surface area contributed by atoms with Gasteiger partial charge in [-0.15, -0.1) is 10.2 Å². The number of hydrogen-bond donors (Lipinski definition) is 0. The van der Waals surface area contributed by atoms with Gasteiger partial charge in [0.05, 0.1) is 10.9 Å². The molecule has 6 rings (SSSR count). The number of thioether (sulfide) groups is 1. The molecule has 1 aromatic carbocycles. The molecule has 0 N–H and O–H groups in total. The van der Waals surface area contributed by atoms with Crippen LogP contribution in [0.4, 0.5) is 0 Å². The summed E-state index contributed by atoms with van der Waals surface area (Å²) >= 11 is 1.58. The van der Waals surface area contributed by atoms with Crippen LogP contribution in [0.1, 0.15) is 56.6 Å². The first-order valence-corrected chi connectivity index (χ1v) is 11.5. The van der Waals surface area contributed by atoms with Gasteiger partial charge in [-0.2, -0.15) is 0 Å². The zero-order valence-corrected chi connectivity index (χ0v) is 17.8. The number of hydrogen-bond acceptors (Lipinski definition) is 4. The summed E-state index contributed by atoms with van der Waals surface area (Å²) in [5.41, 5.74) is 3.48. The van der Waals surface area contributed by atoms with Crippen LogP contribution in [0.5, 0.6) is 0 Å². The lowest BCUT2D eigenvalue weighted by Crippen LogP contribution is -2.51. The highest BCUT2D eigenvalue weighted by Crippen LogP contribution is 2.61. The fourth-order valence-corrected chi connectivity index (χ4v) is 7.63. The smallest absolute Gasteiger partial charge is 0.196 e. The first kappa shape index (κ1) is 18.4. The van der Waals surface area contributed by atoms with E-state index >= 15 is 0 Å². The molecule has 1 atom stereocenters. The number of ketones is 1. The van der Waals surface area contributed by atoms with Crippen molar-refractivity contribution in [2.45, 2.75) is 69.7 Å². The van der Waals surface area contributed by atoms with Gasteiger partial charge in [-0.3, -0.25) is 9.36 Å². The van der Waals surface area contributed by atoms with Gasteiger partial charge in [-0.05, 0) is 88.7 Å². The summed E-state index contributed by atoms with van der Waals surface area (Å²) in [6.07, 6.45) is 9.27. The monoisotopic (exact) mass is 395 g/mol. The summed E-state index contributed by atoms with van der Waals surface area (Å²) in [7, 11) is 0. The largest absolute Gasteiger partial charge is 0.298 e. The second-order valence-electron chi connectivity index (χ2n) is 9.60. The van der Waals surface area contributed by atoms with Crippen molar-refractivity contribution in [2.24, 2.45) is 23.2 Å². The standard InChI is InChI=1S/C23H29N3OS/c1-14-4-5-20(15(2)6-14)26-13-24-25-22(26)28-16(3)21(27)23-10-17-7-18(11-23)9-19(8-17)12-23/h4-6,13,16-19H,7-12H2,1-3H3. The lowest BCUT2D eigenvalue weighted by Gasteiger charge is -2.56. The predicted octanol–water partition coefficient (Wildman–Crippen LogP) is 5.15. The molecule has 4 bridgehead atoms. The quantitative estimate of drug-likeness (QED) is 0.657. The van der Waals surface area contributed by atoms with E-state index in [2.05, 4.69) is 49.2 Å². The maximum Gasteiger partial charge on any atom is 0.196 e. The van der Waals surface area contributed by atoms with Gasteiger partial charge < -0.3 is 0 Å². The van der Waals surface area contributed by atoms with E-state index in [4.69, 9.17) is 0 Å². The number of Topliss-reactive ketones (excluding diaryl/α,β-unsaturated/α-hetero) is 1. The molecular formula is C23H29N3OS. The van der Waals surface area contributed by atoms with E-state index < -0.39 is 0 Å². The molecule has 2 aromatic rings. The second kappa shape index (κ2) is 6.72. The molecule has 0 aliphatic heterocycles. The summed E-state index contributed by atoms with van der Waals surface area (Å²) in [5, 5.41) is 9.23. The topological polar surface area (TPSA) is 47.8 Å². The maximum absolute atomic E-state index is 13.6. The normalized spacial score (nSPS) is 31.9. The summed E-state index contributed by atoms with van der Waals surface area (Å²) in [4.78, 5) is 13.6. The molecule has 4 saturated carbocycles. The lowest BCUT2D eigenvalue weighted by molar-refractivity contribution is -0.142. The number of nitrogens with zero attached hydrogens (tertiary/aromatic N) is 3. The molecule has 4 aliphatic rings. The molecule has 1 heterocycles. The third-order valence-electron chi connectivity index (χ3n) is 7.34. The maximum atomic E-state index is 13.6. The molecule has 4 nitrogen and oxygen atoms in total. The highest BCUT2D eigenvalue weighted by molar-refractivity contribution is 8.00. The molecule has 1 unspecified atom stereocenters. The van der Waals surface area contributed by atoms with E-state index in [-0.39, 0.29) is 10.7 Å². The van der Waals surface area contributed by atoms with E-state index in [9.17, 15) is 4.79 Å². The first-order valence-electron chi connectivity index (χ1n) is 10.6. The second-order valence-corrected chi connectivity index (χ2v) is 10.9. The molecule has 4 aliphatic carbocycles. The molecule has 0 saturated heterocycles. The first-order chi connectivity index (χ1) is 13.4. The van der Waals surface area contributed by atoms with Crippen molar-refractivity contribution < 1.29 is 4.79 Å². The Morgan fingerprint density at radius 3 is 2.39 bits per heavy atom. The van der Waals surface area contributed by atoms with Crippen molar-refractivity contribution >= 4 is 17.5 Å². The van der Waals surface area contributed by atoms with Crippen molar-refractivity contribution in [3.63, 3.8) is 0 Å². The van der Waals surface area contributed by atoms with Crippen LogP contribution in [0, 0.1) is 37.0 Å². The fraction of sp³-hybridized carbons (Fsp3) is 0.609. The molecule has 28 heavy (non-hydrogen) atoms. The minimum atomic E-state index is -0.0787. The van der Waals surface area contributed by atoms with Crippen LogP contribution in [0.2, 0.25) is 0 Å². The fourth-order valence-electron chi connectivity index (χ4n) is 6.60. The minimum Gasteiger partial charge on any atom is -0.298 e. The molecule has 0 radical (unpaired) electrons. The summed E-state index contributed by atoms with van der Waals surface area (Å²) < 4.78 is 2.03. The Morgan fingerprint density at radius 1 is 1.14 bits per heavy atom. The molecule has 0 spiro atoms. The third-order valence-corrected chi connectivity index (χ3v) is 8.40. The van der Waals surface area contributed by atoms with Gasteiger partial charge in [0.25, 0.3) is 0 Å². The van der Waals surface area contributed by atoms with Crippen molar-refractivity contribution in [3.8, 4) is 5.69 Å². The average Bonchev–Trinajstić information content (AvgIpc) is 3.07. The van der Waals surface area contributed by atoms with Crippen molar-refractivity contribution in [1.29, 1.82) is 0 Å². The van der Waals surface area contributed by atoms with E-state index in [0.29, 0.717) is 5.78 Å². The minimum absolute atomic E-state index is 0.0498. The van der Waals surface area contributed by atoms with Gasteiger partial charge in [0.1, 0.15) is 6.33 Å². The van der Waals surface area contributed by atoms with Gasteiger partial charge in [-0.25, -0.2) is 0 Å². The number of benzene rings is 1. The molecule has 148 valence electrons. The molecule has 5 heteroatoms. The Bertz CT molecular complexity index is 883. The Balaban J connectivity index is 1.37. The van der Waals surface area contributed by atoms with Crippen LogP contribution in [-0.4, -0.2) is 25.8 Å². The predicted molar refractivity (Wildman–Crippen MR) is 112 cm³/mol. The zero-order chi connectivity index (χ0) is 19.5. The van der Waals surface area contributed by atoms with Crippen LogP contribution in [-0.2, 0) is 4.79 Å². The van der Waals surface area contributed by atoms with E-state index in [1.54, 1.807) is 18.1 Å². The van der Waals surface area contributed by atoms with Crippen LogP contribution in [0.3, 0.4) is 0 Å². The Kier molecular flexibility index (Phi) is 4.42. The van der Waals surface area contributed by atoms with Gasteiger partial charge in [0.2, 0.25) is 0 Å². The number of rotatable bonds is 5. The highest BCUT2D eigenvalue weighted by Gasteiger charge is 2.55. The third kappa shape index (κ3) is 3.02. The average molecular weight is 396 g/mol. The Morgan fingerprint density at radius 2 is 1.79 bits per heavy atom. The zero-order valence-electron chi connectivity index (χ0n) is 17.0. The molecule has 4 fully saturated rings. The summed E-state index contributed by atoms with van der Waals surface area (Å²) in [5.74, 6) is 2.86. The van der Waals surface area contributed by atoms with Crippen molar-refractivity contribution in [1.82, 2.24) is 14.8 Å². The number of aromatic nitrogens is 3. The SMILES string of the molecule is Cc1ccc(-n2cnnc2SC(C)C(=O)C23CC4CC(CC(C4)C2)C3)c(C)c1. The molecule has 1 aromatic heterocycles. The highest BCUT2D eigenvalue weighted by atomic mass is 32.2. The number of aryl methyl sites for hydroxylation is 2. The number of carbonyl (C=O) groups excluding carboxylic acids is 1. The van der Waals surface area contributed by atoms with E-state index in [0.717, 1.165) is 47.9 Å². The Hall–Kier alpha value is -1.62. The van der Waals surface area contributed by atoms with Crippen molar-refractivity contribution in [2.75, 3.05) is 0 Å². The number of carbonyl (C=O) groups is 1. The molecular weight excluding hydrogens is 366 g/mol. The Labute approximate surface area is 171 Å². The van der Waals surface area contributed by atoms with Gasteiger partial charge in [-0.1, -0.05) is 29.5 Å². The van der Waals surface area contributed by atoms with Crippen LogP contribution in [0.25, 0.3) is 5.69 Å². The molecule has 0 amide bonds. The van der Waals surface area contributed by atoms with E-state index in [1.165, 1.54) is 30.4 Å². The lowest BCUT2D eigenvalue weighted by atomic mass is 9.48. The van der Waals surface area contributed by atoms with Gasteiger partial charge >= 0.3 is 0 Å². The van der Waals surface area contributed by atoms with Crippen LogP contribution in [0.15, 0.2) is 29.7 Å². The van der Waals surface area contributed by atoms with Crippen molar-refractivity contribution in [3.05, 3.63) is 35.7 Å². The summed E-state index contributed by atoms with van der Waals surface area (Å²) in [6.45, 7) is 6.29. The summed E-state index contributed by atoms with van der Waals surface area (Å²) in [6, 6.07) is 6.40. The van der Waals surface area contributed by atoms with Crippen LogP contribution >= 0.6 is 11.8 Å². The van der Waals surface area contributed by atoms with Gasteiger partial charge in [0.15, 0.2) is 10.9 Å². The van der Waals surface area contributed by atoms with E-state index in [1.807, 2.05) is 4.57 Å². The van der Waals surface area contributed by atoms with Gasteiger partial charge in [0, 0.05) is 5.41 Å².